The Morgan fingerprint density at radius 3 is 2.70 bits per heavy atom. The lowest BCUT2D eigenvalue weighted by Gasteiger charge is -2.29. The Morgan fingerprint density at radius 1 is 1.17 bits per heavy atom. The minimum Gasteiger partial charge on any atom is -0.472 e. The van der Waals surface area contributed by atoms with E-state index in [-0.39, 0.29) is 0 Å². The topological polar surface area (TPSA) is 58.0 Å². The van der Waals surface area contributed by atoms with E-state index < -0.39 is 0 Å². The molecule has 1 aliphatic heterocycles. The molecule has 0 atom stereocenters. The summed E-state index contributed by atoms with van der Waals surface area (Å²) < 4.78 is 5.86. The zero-order chi connectivity index (χ0) is 15.9. The van der Waals surface area contributed by atoms with Crippen LogP contribution in [0, 0.1) is 0 Å². The van der Waals surface area contributed by atoms with Crippen LogP contribution in [0.2, 0.25) is 0 Å². The lowest BCUT2D eigenvalue weighted by molar-refractivity contribution is 0.287. The molecule has 6 heteroatoms. The Balaban J connectivity index is 1.79. The highest BCUT2D eigenvalue weighted by atomic mass is 32.2. The maximum atomic E-state index is 9.50. The first-order valence-electron chi connectivity index (χ1n) is 7.55. The zero-order valence-electron chi connectivity index (χ0n) is 12.8. The number of oxime groups is 1. The summed E-state index contributed by atoms with van der Waals surface area (Å²) >= 11 is 1.91. The van der Waals surface area contributed by atoms with Crippen molar-refractivity contribution in [3.63, 3.8) is 0 Å². The zero-order valence-corrected chi connectivity index (χ0v) is 13.6. The van der Waals surface area contributed by atoms with Crippen LogP contribution in [0.3, 0.4) is 0 Å². The highest BCUT2D eigenvalue weighted by Crippen LogP contribution is 2.21. The summed E-state index contributed by atoms with van der Waals surface area (Å²) in [4.78, 5) is 6.38. The number of hydrogen-bond acceptors (Lipinski definition) is 5. The van der Waals surface area contributed by atoms with E-state index in [1.165, 1.54) is 0 Å². The Kier molecular flexibility index (Phi) is 5.37. The van der Waals surface area contributed by atoms with Crippen LogP contribution in [0.5, 0.6) is 5.88 Å². The van der Waals surface area contributed by atoms with Gasteiger partial charge in [-0.05, 0) is 17.7 Å². The van der Waals surface area contributed by atoms with Gasteiger partial charge in [-0.25, -0.2) is 4.98 Å². The van der Waals surface area contributed by atoms with Gasteiger partial charge in [-0.2, -0.15) is 11.8 Å². The summed E-state index contributed by atoms with van der Waals surface area (Å²) in [5, 5.41) is 13.0. The molecular formula is C17H19N3O2S. The Bertz CT molecular complexity index is 658. The standard InChI is InChI=1S/C17H19N3O2S/c21-19-16(20-9-11-23-12-10-20)15-7-4-8-18-17(15)22-13-14-5-2-1-3-6-14/h1-8,21H,9-13H2/b19-16-. The third kappa shape index (κ3) is 3.96. The molecule has 0 amide bonds. The molecule has 120 valence electrons. The summed E-state index contributed by atoms with van der Waals surface area (Å²) in [6, 6.07) is 13.6. The molecule has 1 N–H and O–H groups in total. The van der Waals surface area contributed by atoms with Crippen molar-refractivity contribution in [3.8, 4) is 5.88 Å². The second-order valence-electron chi connectivity index (χ2n) is 5.15. The molecule has 23 heavy (non-hydrogen) atoms. The molecule has 1 aromatic heterocycles. The van der Waals surface area contributed by atoms with Gasteiger partial charge in [0.25, 0.3) is 0 Å². The summed E-state index contributed by atoms with van der Waals surface area (Å²) in [6.07, 6.45) is 1.69. The van der Waals surface area contributed by atoms with E-state index >= 15 is 0 Å². The molecule has 1 aliphatic rings. The fourth-order valence-corrected chi connectivity index (χ4v) is 3.37. The van der Waals surface area contributed by atoms with E-state index in [1.54, 1.807) is 6.20 Å². The van der Waals surface area contributed by atoms with Crippen LogP contribution in [0.1, 0.15) is 11.1 Å². The van der Waals surface area contributed by atoms with Gasteiger partial charge in [0.05, 0.1) is 5.56 Å². The van der Waals surface area contributed by atoms with Crippen molar-refractivity contribution in [2.75, 3.05) is 24.6 Å². The van der Waals surface area contributed by atoms with Crippen molar-refractivity contribution in [2.24, 2.45) is 5.16 Å². The third-order valence-electron chi connectivity index (χ3n) is 3.64. The fourth-order valence-electron chi connectivity index (χ4n) is 2.46. The summed E-state index contributed by atoms with van der Waals surface area (Å²) in [6.45, 7) is 2.15. The van der Waals surface area contributed by atoms with Crippen LogP contribution in [0.25, 0.3) is 0 Å². The third-order valence-corrected chi connectivity index (χ3v) is 4.58. The summed E-state index contributed by atoms with van der Waals surface area (Å²) in [5.74, 6) is 3.07. The molecule has 0 spiro atoms. The average Bonchev–Trinajstić information content (AvgIpc) is 2.63. The van der Waals surface area contributed by atoms with E-state index in [4.69, 9.17) is 4.74 Å². The Morgan fingerprint density at radius 2 is 1.96 bits per heavy atom. The highest BCUT2D eigenvalue weighted by molar-refractivity contribution is 7.99. The van der Waals surface area contributed by atoms with E-state index in [0.717, 1.165) is 35.7 Å². The van der Waals surface area contributed by atoms with Gasteiger partial charge < -0.3 is 14.8 Å². The van der Waals surface area contributed by atoms with Crippen molar-refractivity contribution in [1.29, 1.82) is 0 Å². The first kappa shape index (κ1) is 15.7. The maximum Gasteiger partial charge on any atom is 0.224 e. The monoisotopic (exact) mass is 329 g/mol. The molecule has 5 nitrogen and oxygen atoms in total. The van der Waals surface area contributed by atoms with Crippen LogP contribution in [0.4, 0.5) is 0 Å². The van der Waals surface area contributed by atoms with Gasteiger partial charge in [0.1, 0.15) is 6.61 Å². The molecule has 0 radical (unpaired) electrons. The number of benzene rings is 1. The quantitative estimate of drug-likeness (QED) is 0.404. The minimum absolute atomic E-state index is 0.430. The van der Waals surface area contributed by atoms with Gasteiger partial charge >= 0.3 is 0 Å². The fraction of sp³-hybridized carbons (Fsp3) is 0.294. The van der Waals surface area contributed by atoms with Gasteiger partial charge in [0.2, 0.25) is 5.88 Å². The predicted molar refractivity (Wildman–Crippen MR) is 92.2 cm³/mol. The number of amidine groups is 1. The van der Waals surface area contributed by atoms with Gasteiger partial charge in [-0.15, -0.1) is 0 Å². The Hall–Kier alpha value is -2.21. The molecule has 1 saturated heterocycles. The number of rotatable bonds is 4. The number of nitrogens with zero attached hydrogens (tertiary/aromatic N) is 3. The number of hydrogen-bond donors (Lipinski definition) is 1. The molecule has 2 heterocycles. The van der Waals surface area contributed by atoms with Crippen molar-refractivity contribution in [2.45, 2.75) is 6.61 Å². The second kappa shape index (κ2) is 7.87. The van der Waals surface area contributed by atoms with Crippen molar-refractivity contribution in [3.05, 3.63) is 59.8 Å². The lowest BCUT2D eigenvalue weighted by atomic mass is 10.2. The highest BCUT2D eigenvalue weighted by Gasteiger charge is 2.21. The number of aromatic nitrogens is 1. The van der Waals surface area contributed by atoms with E-state index in [2.05, 4.69) is 15.0 Å². The predicted octanol–water partition coefficient (Wildman–Crippen LogP) is 2.85. The van der Waals surface area contributed by atoms with Crippen LogP contribution in [-0.4, -0.2) is 45.5 Å². The number of thioether (sulfide) groups is 1. The molecule has 0 unspecified atom stereocenters. The molecular weight excluding hydrogens is 310 g/mol. The second-order valence-corrected chi connectivity index (χ2v) is 6.38. The van der Waals surface area contributed by atoms with Crippen LogP contribution in [-0.2, 0) is 6.61 Å². The average molecular weight is 329 g/mol. The lowest BCUT2D eigenvalue weighted by Crippen LogP contribution is -2.38. The molecule has 1 aromatic carbocycles. The van der Waals surface area contributed by atoms with Gasteiger partial charge in [-0.3, -0.25) is 0 Å². The number of pyridine rings is 1. The first-order chi connectivity index (χ1) is 11.4. The van der Waals surface area contributed by atoms with Gasteiger partial charge in [0, 0.05) is 30.8 Å². The van der Waals surface area contributed by atoms with E-state index in [0.29, 0.717) is 18.3 Å². The molecule has 3 rings (SSSR count). The largest absolute Gasteiger partial charge is 0.472 e. The van der Waals surface area contributed by atoms with Crippen molar-refractivity contribution in [1.82, 2.24) is 9.88 Å². The van der Waals surface area contributed by atoms with Crippen LogP contribution in [0.15, 0.2) is 53.8 Å². The Labute approximate surface area is 140 Å². The normalized spacial score (nSPS) is 15.5. The van der Waals surface area contributed by atoms with E-state index in [1.807, 2.05) is 54.2 Å². The smallest absolute Gasteiger partial charge is 0.224 e. The molecule has 2 aromatic rings. The molecule has 1 fully saturated rings. The van der Waals surface area contributed by atoms with Gasteiger partial charge in [0.15, 0.2) is 5.84 Å². The summed E-state index contributed by atoms with van der Waals surface area (Å²) in [7, 11) is 0. The SMILES string of the molecule is O/N=C(/c1cccnc1OCc1ccccc1)N1CCSCC1. The maximum absolute atomic E-state index is 9.50. The molecule has 0 aliphatic carbocycles. The first-order valence-corrected chi connectivity index (χ1v) is 8.71. The van der Waals surface area contributed by atoms with Gasteiger partial charge in [-0.1, -0.05) is 35.5 Å². The van der Waals surface area contributed by atoms with Crippen molar-refractivity contribution < 1.29 is 9.94 Å². The van der Waals surface area contributed by atoms with Crippen LogP contribution < -0.4 is 4.74 Å². The number of ether oxygens (including phenoxy) is 1. The van der Waals surface area contributed by atoms with Crippen molar-refractivity contribution >= 4 is 17.6 Å². The summed E-state index contributed by atoms with van der Waals surface area (Å²) in [5.41, 5.74) is 1.79. The minimum atomic E-state index is 0.430. The molecule has 0 bridgehead atoms. The van der Waals surface area contributed by atoms with Crippen LogP contribution >= 0.6 is 11.8 Å². The van der Waals surface area contributed by atoms with E-state index in [9.17, 15) is 5.21 Å². The molecule has 0 saturated carbocycles.